The zero-order chi connectivity index (χ0) is 22.8. The fraction of sp³-hybridized carbons (Fsp3) is 0.0435. The highest BCUT2D eigenvalue weighted by molar-refractivity contribution is 9.10. The smallest absolute Gasteiger partial charge is 0.270 e. The summed E-state index contributed by atoms with van der Waals surface area (Å²) in [6, 6.07) is 16.7. The van der Waals surface area contributed by atoms with Crippen molar-refractivity contribution in [3.63, 3.8) is 0 Å². The number of hydrogen-bond acceptors (Lipinski definition) is 4. The summed E-state index contributed by atoms with van der Waals surface area (Å²) in [7, 11) is 0. The summed E-state index contributed by atoms with van der Waals surface area (Å²) in [5, 5.41) is 0.855. The van der Waals surface area contributed by atoms with Gasteiger partial charge in [-0.2, -0.15) is 0 Å². The predicted molar refractivity (Wildman–Crippen MR) is 137 cm³/mol. The molecule has 162 valence electrons. The topological polar surface area (TPSA) is 29.5 Å². The summed E-state index contributed by atoms with van der Waals surface area (Å²) in [6.07, 6.45) is 1.71. The summed E-state index contributed by atoms with van der Waals surface area (Å²) in [4.78, 5) is 15.0. The molecule has 1 heterocycles. The van der Waals surface area contributed by atoms with Crippen LogP contribution in [0.1, 0.15) is 11.1 Å². The number of nitrogens with zero attached hydrogens (tertiary/aromatic N) is 1. The number of benzene rings is 3. The van der Waals surface area contributed by atoms with E-state index in [0.29, 0.717) is 31.2 Å². The Balaban J connectivity index is 1.62. The van der Waals surface area contributed by atoms with Gasteiger partial charge in [0.05, 0.1) is 15.6 Å². The Morgan fingerprint density at radius 1 is 1.12 bits per heavy atom. The van der Waals surface area contributed by atoms with Crippen molar-refractivity contribution >= 4 is 85.1 Å². The summed E-state index contributed by atoms with van der Waals surface area (Å²) >= 11 is 22.1. The molecular weight excluding hydrogens is 556 g/mol. The fourth-order valence-corrected chi connectivity index (χ4v) is 5.02. The number of thiocarbonyl (C=S) groups is 1. The van der Waals surface area contributed by atoms with Crippen LogP contribution in [0.25, 0.3) is 6.08 Å². The van der Waals surface area contributed by atoms with Gasteiger partial charge in [0, 0.05) is 20.6 Å². The van der Waals surface area contributed by atoms with Gasteiger partial charge in [0.25, 0.3) is 5.91 Å². The molecule has 0 N–H and O–H groups in total. The number of amides is 1. The third-order valence-electron chi connectivity index (χ3n) is 4.57. The molecule has 1 saturated heterocycles. The molecular formula is C23H13BrCl2FNO2S2. The van der Waals surface area contributed by atoms with E-state index in [9.17, 15) is 9.18 Å². The Kier molecular flexibility index (Phi) is 7.22. The standard InChI is InChI=1S/C23H13BrCl2FNO2S2/c24-14-4-9-20(30-12-17-18(26)2-1-3-19(17)27)13(10-14)11-21-22(29)28(23(31)32-21)16-7-5-15(25)6-8-16/h1-11H,12H2/b21-11+. The van der Waals surface area contributed by atoms with Crippen molar-refractivity contribution in [1.82, 2.24) is 0 Å². The van der Waals surface area contributed by atoms with E-state index in [2.05, 4.69) is 15.9 Å². The molecule has 0 aliphatic carbocycles. The Morgan fingerprint density at radius 2 is 1.88 bits per heavy atom. The van der Waals surface area contributed by atoms with Crippen LogP contribution in [0.4, 0.5) is 10.1 Å². The molecule has 0 radical (unpaired) electrons. The largest absolute Gasteiger partial charge is 0.488 e. The molecule has 32 heavy (non-hydrogen) atoms. The normalized spacial score (nSPS) is 15.0. The van der Waals surface area contributed by atoms with E-state index >= 15 is 0 Å². The Labute approximate surface area is 212 Å². The minimum Gasteiger partial charge on any atom is -0.488 e. The van der Waals surface area contributed by atoms with Crippen LogP contribution in [-0.4, -0.2) is 10.2 Å². The van der Waals surface area contributed by atoms with Crippen molar-refractivity contribution in [2.45, 2.75) is 6.61 Å². The number of halogens is 4. The first-order valence-corrected chi connectivity index (χ1v) is 12.0. The van der Waals surface area contributed by atoms with Crippen molar-refractivity contribution < 1.29 is 13.9 Å². The van der Waals surface area contributed by atoms with E-state index in [4.69, 9.17) is 40.2 Å². The zero-order valence-electron chi connectivity index (χ0n) is 16.2. The number of ether oxygens (including phenoxy) is 1. The van der Waals surface area contributed by atoms with Crippen LogP contribution >= 0.6 is 63.1 Å². The number of hydrogen-bond donors (Lipinski definition) is 0. The molecule has 1 aliphatic rings. The summed E-state index contributed by atoms with van der Waals surface area (Å²) in [5.74, 6) is -0.213. The van der Waals surface area contributed by atoms with E-state index in [1.54, 1.807) is 48.5 Å². The molecule has 3 aromatic carbocycles. The van der Waals surface area contributed by atoms with E-state index < -0.39 is 5.82 Å². The quantitative estimate of drug-likeness (QED) is 0.231. The predicted octanol–water partition coefficient (Wildman–Crippen LogP) is 7.88. The minimum absolute atomic E-state index is 0.0558. The first kappa shape index (κ1) is 23.3. The average molecular weight is 569 g/mol. The van der Waals surface area contributed by atoms with E-state index in [-0.39, 0.29) is 23.1 Å². The summed E-state index contributed by atoms with van der Waals surface area (Å²) in [6.45, 7) is -0.0558. The van der Waals surface area contributed by atoms with Gasteiger partial charge in [0.15, 0.2) is 4.32 Å². The highest BCUT2D eigenvalue weighted by atomic mass is 79.9. The SMILES string of the molecule is O=C1/C(=C\c2cc(Br)ccc2OCc2c(F)cccc2Cl)SC(=S)N1c1ccc(Cl)cc1. The van der Waals surface area contributed by atoms with E-state index in [1.165, 1.54) is 28.8 Å². The third kappa shape index (κ3) is 5.02. The van der Waals surface area contributed by atoms with Gasteiger partial charge in [-0.25, -0.2) is 4.39 Å². The van der Waals surface area contributed by atoms with E-state index in [0.717, 1.165) is 4.47 Å². The lowest BCUT2D eigenvalue weighted by Gasteiger charge is -2.14. The molecule has 1 fully saturated rings. The number of anilines is 1. The Morgan fingerprint density at radius 3 is 2.59 bits per heavy atom. The van der Waals surface area contributed by atoms with Gasteiger partial charge in [0.2, 0.25) is 0 Å². The lowest BCUT2D eigenvalue weighted by atomic mass is 10.1. The molecule has 4 rings (SSSR count). The van der Waals surface area contributed by atoms with Gasteiger partial charge in [-0.3, -0.25) is 9.69 Å². The van der Waals surface area contributed by atoms with Crippen LogP contribution < -0.4 is 9.64 Å². The molecule has 3 aromatic rings. The molecule has 0 bridgehead atoms. The van der Waals surface area contributed by atoms with Crippen molar-refractivity contribution in [3.05, 3.63) is 97.0 Å². The van der Waals surface area contributed by atoms with Crippen LogP contribution in [0.3, 0.4) is 0 Å². The van der Waals surface area contributed by atoms with Crippen LogP contribution in [0.15, 0.2) is 70.0 Å². The lowest BCUT2D eigenvalue weighted by molar-refractivity contribution is -0.113. The molecule has 9 heteroatoms. The van der Waals surface area contributed by atoms with Crippen LogP contribution in [0.2, 0.25) is 10.0 Å². The molecule has 1 aliphatic heterocycles. The van der Waals surface area contributed by atoms with Gasteiger partial charge < -0.3 is 4.74 Å². The van der Waals surface area contributed by atoms with Crippen LogP contribution in [0.5, 0.6) is 5.75 Å². The zero-order valence-corrected chi connectivity index (χ0v) is 20.9. The van der Waals surface area contributed by atoms with Gasteiger partial charge in [-0.1, -0.05) is 69.2 Å². The van der Waals surface area contributed by atoms with Gasteiger partial charge in [-0.15, -0.1) is 0 Å². The lowest BCUT2D eigenvalue weighted by Crippen LogP contribution is -2.27. The molecule has 0 unspecified atom stereocenters. The monoisotopic (exact) mass is 567 g/mol. The fourth-order valence-electron chi connectivity index (χ4n) is 3.01. The second-order valence-electron chi connectivity index (χ2n) is 6.66. The average Bonchev–Trinajstić information content (AvgIpc) is 3.03. The first-order chi connectivity index (χ1) is 15.3. The third-order valence-corrected chi connectivity index (χ3v) is 6.97. The number of rotatable bonds is 5. The second kappa shape index (κ2) is 9.93. The molecule has 0 saturated carbocycles. The maximum Gasteiger partial charge on any atom is 0.270 e. The number of carbonyl (C=O) groups is 1. The molecule has 3 nitrogen and oxygen atoms in total. The maximum absolute atomic E-state index is 14.1. The molecule has 0 atom stereocenters. The van der Waals surface area contributed by atoms with Crippen molar-refractivity contribution in [2.75, 3.05) is 4.90 Å². The van der Waals surface area contributed by atoms with Gasteiger partial charge in [0.1, 0.15) is 18.2 Å². The van der Waals surface area contributed by atoms with Gasteiger partial charge >= 0.3 is 0 Å². The van der Waals surface area contributed by atoms with Crippen LogP contribution in [-0.2, 0) is 11.4 Å². The Bertz CT molecular complexity index is 1230. The van der Waals surface area contributed by atoms with Crippen LogP contribution in [0, 0.1) is 5.82 Å². The maximum atomic E-state index is 14.1. The minimum atomic E-state index is -0.444. The molecule has 0 spiro atoms. The Hall–Kier alpha value is -1.90. The van der Waals surface area contributed by atoms with E-state index in [1.807, 2.05) is 6.07 Å². The highest BCUT2D eigenvalue weighted by Crippen LogP contribution is 2.38. The highest BCUT2D eigenvalue weighted by Gasteiger charge is 2.33. The van der Waals surface area contributed by atoms with Crippen molar-refractivity contribution in [1.29, 1.82) is 0 Å². The van der Waals surface area contributed by atoms with Crippen molar-refractivity contribution in [3.8, 4) is 5.75 Å². The second-order valence-corrected chi connectivity index (χ2v) is 10.1. The number of thioether (sulfide) groups is 1. The van der Waals surface area contributed by atoms with Crippen molar-refractivity contribution in [2.24, 2.45) is 0 Å². The summed E-state index contributed by atoms with van der Waals surface area (Å²) in [5.41, 5.74) is 1.54. The molecule has 1 amide bonds. The first-order valence-electron chi connectivity index (χ1n) is 9.22. The van der Waals surface area contributed by atoms with Gasteiger partial charge in [-0.05, 0) is 60.7 Å². The molecule has 0 aromatic heterocycles. The summed E-state index contributed by atoms with van der Waals surface area (Å²) < 4.78 is 21.2. The number of carbonyl (C=O) groups excluding carboxylic acids is 1.